The summed E-state index contributed by atoms with van der Waals surface area (Å²) >= 11 is 0. The second-order valence-corrected chi connectivity index (χ2v) is 7.87. The van der Waals surface area contributed by atoms with E-state index in [0.717, 1.165) is 44.3 Å². The van der Waals surface area contributed by atoms with E-state index in [1.807, 2.05) is 28.0 Å². The first-order valence-electron chi connectivity index (χ1n) is 9.67. The van der Waals surface area contributed by atoms with Crippen LogP contribution in [0.3, 0.4) is 0 Å². The molecule has 3 rings (SSSR count). The van der Waals surface area contributed by atoms with E-state index in [1.54, 1.807) is 13.8 Å². The van der Waals surface area contributed by atoms with Gasteiger partial charge in [-0.1, -0.05) is 25.1 Å². The van der Waals surface area contributed by atoms with Crippen LogP contribution in [0.5, 0.6) is 0 Å². The van der Waals surface area contributed by atoms with Crippen molar-refractivity contribution in [3.05, 3.63) is 29.8 Å². The maximum Gasteiger partial charge on any atom is 0.242 e. The Kier molecular flexibility index (Phi) is 5.16. The van der Waals surface area contributed by atoms with Crippen molar-refractivity contribution < 1.29 is 9.59 Å². The van der Waals surface area contributed by atoms with Crippen molar-refractivity contribution in [1.29, 1.82) is 0 Å². The second-order valence-electron chi connectivity index (χ2n) is 7.87. The summed E-state index contributed by atoms with van der Waals surface area (Å²) in [7, 11) is 0. The molecule has 1 unspecified atom stereocenters. The molecule has 25 heavy (non-hydrogen) atoms. The molecule has 0 aromatic heterocycles. The summed E-state index contributed by atoms with van der Waals surface area (Å²) < 4.78 is 0. The largest absolute Gasteiger partial charge is 0.339 e. The van der Waals surface area contributed by atoms with Gasteiger partial charge in [0, 0.05) is 24.8 Å². The third kappa shape index (κ3) is 3.31. The molecule has 136 valence electrons. The van der Waals surface area contributed by atoms with Crippen LogP contribution in [0.15, 0.2) is 24.3 Å². The molecule has 0 N–H and O–H groups in total. The number of rotatable bonds is 3. The number of carbonyl (C=O) groups excluding carboxylic acids is 2. The van der Waals surface area contributed by atoms with Gasteiger partial charge in [-0.3, -0.25) is 9.59 Å². The van der Waals surface area contributed by atoms with Gasteiger partial charge in [-0.25, -0.2) is 0 Å². The predicted octanol–water partition coefficient (Wildman–Crippen LogP) is 3.78. The molecular formula is C21H30N2O2. The number of piperidine rings is 1. The lowest BCUT2D eigenvalue weighted by atomic mass is 9.86. The van der Waals surface area contributed by atoms with Crippen LogP contribution in [0.4, 0.5) is 5.69 Å². The molecule has 1 aromatic carbocycles. The lowest BCUT2D eigenvalue weighted by molar-refractivity contribution is -0.150. The number of anilines is 1. The molecule has 2 amide bonds. The summed E-state index contributed by atoms with van der Waals surface area (Å²) in [5, 5.41) is 0. The van der Waals surface area contributed by atoms with Crippen molar-refractivity contribution in [3.8, 4) is 0 Å². The Labute approximate surface area is 151 Å². The molecule has 1 aromatic rings. The zero-order valence-corrected chi connectivity index (χ0v) is 15.8. The maximum atomic E-state index is 13.3. The molecule has 0 aliphatic carbocycles. The minimum absolute atomic E-state index is 0.00731. The number of carbonyl (C=O) groups is 2. The number of nitrogens with zero attached hydrogens (tertiary/aromatic N) is 2. The summed E-state index contributed by atoms with van der Waals surface area (Å²) in [6.45, 7) is 7.22. The highest BCUT2D eigenvalue weighted by atomic mass is 16.2. The van der Waals surface area contributed by atoms with Gasteiger partial charge in [0.1, 0.15) is 5.41 Å². The first-order valence-corrected chi connectivity index (χ1v) is 9.67. The minimum Gasteiger partial charge on any atom is -0.339 e. The van der Waals surface area contributed by atoms with Gasteiger partial charge in [-0.05, 0) is 64.0 Å². The third-order valence-electron chi connectivity index (χ3n) is 5.78. The summed E-state index contributed by atoms with van der Waals surface area (Å²) in [4.78, 5) is 30.4. The Morgan fingerprint density at radius 2 is 1.84 bits per heavy atom. The maximum absolute atomic E-state index is 13.3. The molecule has 0 bridgehead atoms. The van der Waals surface area contributed by atoms with Gasteiger partial charge in [0.25, 0.3) is 0 Å². The van der Waals surface area contributed by atoms with Gasteiger partial charge in [0.15, 0.2) is 0 Å². The van der Waals surface area contributed by atoms with Crippen molar-refractivity contribution in [2.24, 2.45) is 5.41 Å². The molecule has 4 nitrogen and oxygen atoms in total. The van der Waals surface area contributed by atoms with Gasteiger partial charge >= 0.3 is 0 Å². The Morgan fingerprint density at radius 3 is 2.60 bits per heavy atom. The quantitative estimate of drug-likeness (QED) is 0.784. The highest BCUT2D eigenvalue weighted by Crippen LogP contribution is 2.33. The summed E-state index contributed by atoms with van der Waals surface area (Å²) in [5.74, 6) is -0.0721. The number of hydrogen-bond acceptors (Lipinski definition) is 2. The third-order valence-corrected chi connectivity index (χ3v) is 5.78. The molecule has 2 aliphatic heterocycles. The van der Waals surface area contributed by atoms with Crippen LogP contribution < -0.4 is 4.90 Å². The van der Waals surface area contributed by atoms with Gasteiger partial charge < -0.3 is 9.80 Å². The molecular weight excluding hydrogens is 312 g/mol. The molecule has 1 saturated heterocycles. The molecule has 0 saturated carbocycles. The molecule has 0 spiro atoms. The van der Waals surface area contributed by atoms with Gasteiger partial charge in [0.2, 0.25) is 11.8 Å². The normalized spacial score (nSPS) is 21.0. The molecule has 2 aliphatic rings. The number of amides is 2. The number of para-hydroxylation sites is 1. The number of likely N-dealkylation sites (tertiary alicyclic amines) is 1. The van der Waals surface area contributed by atoms with Crippen molar-refractivity contribution in [2.45, 2.75) is 65.3 Å². The van der Waals surface area contributed by atoms with Crippen molar-refractivity contribution >= 4 is 17.5 Å². The number of hydrogen-bond donors (Lipinski definition) is 0. The van der Waals surface area contributed by atoms with Gasteiger partial charge in [0.05, 0.1) is 0 Å². The monoisotopic (exact) mass is 342 g/mol. The summed E-state index contributed by atoms with van der Waals surface area (Å²) in [6, 6.07) is 8.35. The lowest BCUT2D eigenvalue weighted by Crippen LogP contribution is -2.55. The number of benzene rings is 1. The SMILES string of the molecule is CCC1CCCCN1C(=O)C(C)(C)C(=O)N1CCCc2ccccc21. The number of fused-ring (bicyclic) bond motifs is 1. The average molecular weight is 342 g/mol. The highest BCUT2D eigenvalue weighted by molar-refractivity contribution is 6.11. The zero-order valence-electron chi connectivity index (χ0n) is 15.8. The zero-order chi connectivity index (χ0) is 18.0. The van der Waals surface area contributed by atoms with E-state index in [1.165, 1.54) is 12.0 Å². The molecule has 1 atom stereocenters. The molecule has 1 fully saturated rings. The van der Waals surface area contributed by atoms with E-state index in [9.17, 15) is 9.59 Å². The summed E-state index contributed by atoms with van der Waals surface area (Å²) in [5.41, 5.74) is 1.16. The lowest BCUT2D eigenvalue weighted by Gasteiger charge is -2.41. The second kappa shape index (κ2) is 7.19. The Morgan fingerprint density at radius 1 is 1.08 bits per heavy atom. The van der Waals surface area contributed by atoms with Crippen LogP contribution in [0.2, 0.25) is 0 Å². The Bertz CT molecular complexity index is 653. The van der Waals surface area contributed by atoms with E-state index < -0.39 is 5.41 Å². The molecule has 0 radical (unpaired) electrons. The van der Waals surface area contributed by atoms with Crippen LogP contribution >= 0.6 is 0 Å². The minimum atomic E-state index is -1.02. The first kappa shape index (κ1) is 18.0. The highest BCUT2D eigenvalue weighted by Gasteiger charge is 2.44. The Hall–Kier alpha value is -1.84. The Balaban J connectivity index is 1.84. The fourth-order valence-electron chi connectivity index (χ4n) is 4.22. The average Bonchev–Trinajstić information content (AvgIpc) is 2.66. The van der Waals surface area contributed by atoms with Crippen LogP contribution in [0.25, 0.3) is 0 Å². The van der Waals surface area contributed by atoms with Crippen LogP contribution in [0, 0.1) is 5.41 Å². The van der Waals surface area contributed by atoms with Crippen molar-refractivity contribution in [2.75, 3.05) is 18.0 Å². The van der Waals surface area contributed by atoms with Crippen LogP contribution in [-0.2, 0) is 16.0 Å². The fourth-order valence-corrected chi connectivity index (χ4v) is 4.22. The van der Waals surface area contributed by atoms with E-state index >= 15 is 0 Å². The van der Waals surface area contributed by atoms with E-state index in [0.29, 0.717) is 6.54 Å². The summed E-state index contributed by atoms with van der Waals surface area (Å²) in [6.07, 6.45) is 6.18. The fraction of sp³-hybridized carbons (Fsp3) is 0.619. The van der Waals surface area contributed by atoms with E-state index in [2.05, 4.69) is 13.0 Å². The molecule has 4 heteroatoms. The molecule has 2 heterocycles. The predicted molar refractivity (Wildman–Crippen MR) is 101 cm³/mol. The van der Waals surface area contributed by atoms with Gasteiger partial charge in [-0.2, -0.15) is 0 Å². The van der Waals surface area contributed by atoms with Crippen LogP contribution in [-0.4, -0.2) is 35.8 Å². The van der Waals surface area contributed by atoms with E-state index in [4.69, 9.17) is 0 Å². The van der Waals surface area contributed by atoms with Crippen LogP contribution in [0.1, 0.15) is 58.4 Å². The van der Waals surface area contributed by atoms with E-state index in [-0.39, 0.29) is 17.9 Å². The number of aryl methyl sites for hydroxylation is 1. The standard InChI is InChI=1S/C21H30N2O2/c1-4-17-12-7-8-14-22(17)19(24)21(2,3)20(25)23-15-9-11-16-10-5-6-13-18(16)23/h5-6,10,13,17H,4,7-9,11-12,14-15H2,1-3H3. The van der Waals surface area contributed by atoms with Crippen molar-refractivity contribution in [3.63, 3.8) is 0 Å². The first-order chi connectivity index (χ1) is 12.0. The van der Waals surface area contributed by atoms with Crippen molar-refractivity contribution in [1.82, 2.24) is 4.90 Å². The van der Waals surface area contributed by atoms with Gasteiger partial charge in [-0.15, -0.1) is 0 Å². The smallest absolute Gasteiger partial charge is 0.242 e. The topological polar surface area (TPSA) is 40.6 Å².